The Kier molecular flexibility index (Phi) is 4.85. The Hall–Kier alpha value is -4.97. The summed E-state index contributed by atoms with van der Waals surface area (Å²) in [6.07, 6.45) is 11.5. The number of Topliss-reactive ketones (excluding diaryl/α,β-unsaturated/α-hetero) is 1. The van der Waals surface area contributed by atoms with Crippen LogP contribution in [0.1, 0.15) is 22.3 Å². The zero-order chi connectivity index (χ0) is 30.1. The Morgan fingerprint density at radius 1 is 0.533 bits per heavy atom. The molecule has 4 fully saturated rings. The van der Waals surface area contributed by atoms with Crippen molar-refractivity contribution in [3.05, 3.63) is 144 Å². The van der Waals surface area contributed by atoms with Crippen molar-refractivity contribution in [2.24, 2.45) is 47.3 Å². The lowest BCUT2D eigenvalue weighted by atomic mass is 9.33. The van der Waals surface area contributed by atoms with Crippen molar-refractivity contribution in [1.82, 2.24) is 9.97 Å². The monoisotopic (exact) mass is 588 g/mol. The van der Waals surface area contributed by atoms with Crippen LogP contribution in [0.2, 0.25) is 0 Å². The fraction of sp³-hybridized carbons (Fsp3) is 0.256. The van der Waals surface area contributed by atoms with Gasteiger partial charge in [0, 0.05) is 24.8 Å². The van der Waals surface area contributed by atoms with Gasteiger partial charge in [0.15, 0.2) is 5.78 Å². The molecule has 2 aromatic carbocycles. The molecule has 6 heteroatoms. The molecule has 6 nitrogen and oxygen atoms in total. The number of cyclic esters (lactones) is 2. The van der Waals surface area contributed by atoms with Crippen molar-refractivity contribution in [3.8, 4) is 0 Å². The molecule has 218 valence electrons. The fourth-order valence-corrected chi connectivity index (χ4v) is 11.2. The van der Waals surface area contributed by atoms with E-state index in [2.05, 4.69) is 46.4 Å². The summed E-state index contributed by atoms with van der Waals surface area (Å²) in [7, 11) is 0. The van der Waals surface area contributed by atoms with Crippen LogP contribution in [0.3, 0.4) is 0 Å². The second-order valence-corrected chi connectivity index (χ2v) is 13.4. The lowest BCUT2D eigenvalue weighted by Crippen LogP contribution is -2.67. The molecule has 4 bridgehead atoms. The number of fused-ring (bicyclic) bond motifs is 5. The van der Waals surface area contributed by atoms with Gasteiger partial charge in [-0.2, -0.15) is 0 Å². The summed E-state index contributed by atoms with van der Waals surface area (Å²) in [5.74, 6) is -1.97. The van der Waals surface area contributed by atoms with Crippen LogP contribution < -0.4 is 0 Å². The quantitative estimate of drug-likeness (QED) is 0.179. The maximum Gasteiger partial charge on any atom is 0.318 e. The first kappa shape index (κ1) is 25.4. The maximum absolute atomic E-state index is 16.1. The number of nitrogens with zero attached hydrogens (tertiary/aromatic N) is 2. The van der Waals surface area contributed by atoms with Crippen LogP contribution in [0.5, 0.6) is 0 Å². The van der Waals surface area contributed by atoms with E-state index in [4.69, 9.17) is 4.74 Å². The Bertz CT molecular complexity index is 1850. The average Bonchev–Trinajstić information content (AvgIpc) is 3.60. The van der Waals surface area contributed by atoms with E-state index in [0.29, 0.717) is 0 Å². The molecule has 0 amide bonds. The van der Waals surface area contributed by atoms with Crippen molar-refractivity contribution in [2.45, 2.75) is 10.8 Å². The van der Waals surface area contributed by atoms with Crippen molar-refractivity contribution < 1.29 is 19.1 Å². The number of ether oxygens (including phenoxy) is 1. The van der Waals surface area contributed by atoms with Gasteiger partial charge in [-0.05, 0) is 93.2 Å². The number of ketones is 1. The number of aromatic nitrogens is 2. The highest BCUT2D eigenvalue weighted by atomic mass is 16.6. The summed E-state index contributed by atoms with van der Waals surface area (Å²) in [6.45, 7) is 0. The SMILES string of the molecule is O=C1OC(=O)[C@H]2[C@@H]3C=C[C@H]([C@@H]12)[C@@H]1[C@@H]3[C@@H]2[C@@H]1[C@@]1(c3ccccc3)C(=O)[C@@]2(c2ccccc2)C(c2ccncc2)=C1c1ccncc1. The van der Waals surface area contributed by atoms with Gasteiger partial charge in [0.05, 0.1) is 22.7 Å². The summed E-state index contributed by atoms with van der Waals surface area (Å²) in [4.78, 5) is 51.2. The molecule has 11 rings (SSSR count). The minimum Gasteiger partial charge on any atom is -0.393 e. The minimum absolute atomic E-state index is 0.0512. The first-order valence-corrected chi connectivity index (χ1v) is 15.8. The van der Waals surface area contributed by atoms with E-state index in [1.165, 1.54) is 0 Å². The maximum atomic E-state index is 16.1. The molecule has 1 saturated heterocycles. The molecule has 3 saturated carbocycles. The molecule has 0 unspecified atom stereocenters. The molecule has 3 heterocycles. The zero-order valence-electron chi connectivity index (χ0n) is 24.2. The number of carbonyl (C=O) groups is 3. The summed E-state index contributed by atoms with van der Waals surface area (Å²) in [6, 6.07) is 28.6. The molecule has 0 N–H and O–H groups in total. The van der Waals surface area contributed by atoms with E-state index in [1.54, 1.807) is 24.8 Å². The molecular formula is C39H28N2O4. The predicted octanol–water partition coefficient (Wildman–Crippen LogP) is 5.47. The number of carbonyl (C=O) groups excluding carboxylic acids is 3. The van der Waals surface area contributed by atoms with Crippen LogP contribution in [0.25, 0.3) is 11.1 Å². The number of hydrogen-bond donors (Lipinski definition) is 0. The first-order chi connectivity index (χ1) is 22.1. The largest absolute Gasteiger partial charge is 0.393 e. The third-order valence-electron chi connectivity index (χ3n) is 12.2. The van der Waals surface area contributed by atoms with Crippen LogP contribution in [0, 0.1) is 47.3 Å². The van der Waals surface area contributed by atoms with E-state index in [9.17, 15) is 9.59 Å². The molecule has 7 aliphatic rings. The van der Waals surface area contributed by atoms with E-state index in [1.807, 2.05) is 60.7 Å². The topological polar surface area (TPSA) is 86.2 Å². The fourth-order valence-electron chi connectivity index (χ4n) is 11.2. The third kappa shape index (κ3) is 2.73. The number of rotatable bonds is 4. The van der Waals surface area contributed by atoms with Crippen molar-refractivity contribution in [1.29, 1.82) is 0 Å². The summed E-state index contributed by atoms with van der Waals surface area (Å²) < 4.78 is 5.32. The van der Waals surface area contributed by atoms with E-state index in [0.717, 1.165) is 33.4 Å². The third-order valence-corrected chi connectivity index (χ3v) is 12.2. The Balaban J connectivity index is 1.36. The predicted molar refractivity (Wildman–Crippen MR) is 165 cm³/mol. The van der Waals surface area contributed by atoms with E-state index in [-0.39, 0.29) is 41.3 Å². The van der Waals surface area contributed by atoms with Gasteiger partial charge < -0.3 is 4.74 Å². The summed E-state index contributed by atoms with van der Waals surface area (Å²) in [5.41, 5.74) is 3.98. The van der Waals surface area contributed by atoms with Gasteiger partial charge in [-0.25, -0.2) is 0 Å². The van der Waals surface area contributed by atoms with Crippen LogP contribution in [0.15, 0.2) is 122 Å². The Morgan fingerprint density at radius 3 is 1.33 bits per heavy atom. The highest BCUT2D eigenvalue weighted by Gasteiger charge is 2.86. The Morgan fingerprint density at radius 2 is 0.933 bits per heavy atom. The molecule has 1 aliphatic heterocycles. The van der Waals surface area contributed by atoms with Crippen molar-refractivity contribution in [3.63, 3.8) is 0 Å². The molecular weight excluding hydrogens is 560 g/mol. The molecule has 2 aromatic heterocycles. The lowest BCUT2D eigenvalue weighted by Gasteiger charge is -2.68. The minimum atomic E-state index is -0.976. The number of esters is 2. The van der Waals surface area contributed by atoms with Gasteiger partial charge in [0.2, 0.25) is 0 Å². The molecule has 0 radical (unpaired) electrons. The second kappa shape index (κ2) is 8.60. The highest BCUT2D eigenvalue weighted by molar-refractivity contribution is 6.30. The van der Waals surface area contributed by atoms with Crippen molar-refractivity contribution >= 4 is 28.9 Å². The number of allylic oxidation sites excluding steroid dienone is 4. The van der Waals surface area contributed by atoms with Gasteiger partial charge in [0.1, 0.15) is 0 Å². The molecule has 6 aliphatic carbocycles. The first-order valence-electron chi connectivity index (χ1n) is 15.8. The zero-order valence-corrected chi connectivity index (χ0v) is 24.2. The standard InChI is InChI=1S/C39H28N2O4/c42-35-29-25-11-12-26(30(29)36(43)45-35)28-27(25)33-34(28)39(24-9-5-2-6-10-24)32(22-15-19-41-20-16-22)31(21-13-17-40-18-14-21)38(33,37(39)44)23-7-3-1-4-8-23/h1-20,25-30,33-34H/t25-,26+,27-,28-,29+,30-,33-,34-,38+,39+/m1/s1. The van der Waals surface area contributed by atoms with Crippen LogP contribution in [0.4, 0.5) is 0 Å². The summed E-state index contributed by atoms with van der Waals surface area (Å²) in [5, 5.41) is 0. The smallest absolute Gasteiger partial charge is 0.318 e. The number of hydrogen-bond acceptors (Lipinski definition) is 6. The van der Waals surface area contributed by atoms with Gasteiger partial charge in [0.25, 0.3) is 0 Å². The molecule has 0 spiro atoms. The van der Waals surface area contributed by atoms with Crippen LogP contribution in [-0.2, 0) is 30.0 Å². The van der Waals surface area contributed by atoms with Crippen LogP contribution >= 0.6 is 0 Å². The van der Waals surface area contributed by atoms with Crippen molar-refractivity contribution in [2.75, 3.05) is 0 Å². The second-order valence-electron chi connectivity index (χ2n) is 13.4. The van der Waals surface area contributed by atoms with E-state index < -0.39 is 34.6 Å². The Labute approximate surface area is 259 Å². The molecule has 10 atom stereocenters. The van der Waals surface area contributed by atoms with E-state index >= 15 is 4.79 Å². The van der Waals surface area contributed by atoms with Gasteiger partial charge >= 0.3 is 11.9 Å². The number of benzene rings is 2. The normalized spacial score (nSPS) is 38.1. The van der Waals surface area contributed by atoms with Gasteiger partial charge in [-0.15, -0.1) is 0 Å². The highest BCUT2D eigenvalue weighted by Crippen LogP contribution is 2.84. The number of pyridine rings is 2. The molecule has 4 aromatic rings. The van der Waals surface area contributed by atoms with Gasteiger partial charge in [-0.3, -0.25) is 24.4 Å². The molecule has 45 heavy (non-hydrogen) atoms. The van der Waals surface area contributed by atoms with Gasteiger partial charge in [-0.1, -0.05) is 72.8 Å². The average molecular weight is 589 g/mol. The lowest BCUT2D eigenvalue weighted by molar-refractivity contribution is -0.167. The summed E-state index contributed by atoms with van der Waals surface area (Å²) >= 11 is 0. The van der Waals surface area contributed by atoms with Crippen LogP contribution in [-0.4, -0.2) is 27.7 Å².